The van der Waals surface area contributed by atoms with Crippen LogP contribution in [0.1, 0.15) is 27.9 Å². The molecule has 0 bridgehead atoms. The quantitative estimate of drug-likeness (QED) is 0.624. The standard InChI is InChI=1S/C21H25ClN2O4/c1-14-11-16(12-15(2)20(14)22)28-13-19(25)24-18-8-5-4-7-17(18)21(26)23-9-6-10-27-3/h4-5,7-8,11-12H,6,9-10,13H2,1-3H3,(H,23,26)(H,24,25). The lowest BCUT2D eigenvalue weighted by atomic mass is 10.1. The van der Waals surface area contributed by atoms with Crippen molar-refractivity contribution < 1.29 is 19.1 Å². The number of carbonyl (C=O) groups is 2. The highest BCUT2D eigenvalue weighted by molar-refractivity contribution is 6.32. The number of carbonyl (C=O) groups excluding carboxylic acids is 2. The van der Waals surface area contributed by atoms with Crippen LogP contribution >= 0.6 is 11.6 Å². The summed E-state index contributed by atoms with van der Waals surface area (Å²) >= 11 is 6.14. The smallest absolute Gasteiger partial charge is 0.262 e. The Balaban J connectivity index is 1.96. The van der Waals surface area contributed by atoms with E-state index in [1.165, 1.54) is 0 Å². The number of amides is 2. The molecule has 2 aromatic carbocycles. The van der Waals surface area contributed by atoms with Crippen molar-refractivity contribution in [3.63, 3.8) is 0 Å². The zero-order valence-electron chi connectivity index (χ0n) is 16.3. The second-order valence-electron chi connectivity index (χ2n) is 6.36. The molecule has 28 heavy (non-hydrogen) atoms. The van der Waals surface area contributed by atoms with Gasteiger partial charge in [0.25, 0.3) is 11.8 Å². The van der Waals surface area contributed by atoms with Gasteiger partial charge < -0.3 is 20.1 Å². The number of nitrogens with one attached hydrogen (secondary N) is 2. The monoisotopic (exact) mass is 404 g/mol. The van der Waals surface area contributed by atoms with Gasteiger partial charge in [0.15, 0.2) is 6.61 Å². The number of ether oxygens (including phenoxy) is 2. The van der Waals surface area contributed by atoms with Gasteiger partial charge in [-0.15, -0.1) is 0 Å². The maximum atomic E-state index is 12.3. The van der Waals surface area contributed by atoms with Gasteiger partial charge in [0, 0.05) is 25.3 Å². The maximum absolute atomic E-state index is 12.3. The fourth-order valence-corrected chi connectivity index (χ4v) is 2.74. The van der Waals surface area contributed by atoms with Crippen LogP contribution in [-0.2, 0) is 9.53 Å². The minimum Gasteiger partial charge on any atom is -0.484 e. The van der Waals surface area contributed by atoms with Gasteiger partial charge in [-0.2, -0.15) is 0 Å². The summed E-state index contributed by atoms with van der Waals surface area (Å²) in [5, 5.41) is 6.22. The summed E-state index contributed by atoms with van der Waals surface area (Å²) in [4.78, 5) is 24.6. The molecule has 0 saturated carbocycles. The fraction of sp³-hybridized carbons (Fsp3) is 0.333. The molecule has 150 valence electrons. The molecular weight excluding hydrogens is 380 g/mol. The van der Waals surface area contributed by atoms with Crippen molar-refractivity contribution in [1.82, 2.24) is 5.32 Å². The Morgan fingerprint density at radius 3 is 2.46 bits per heavy atom. The van der Waals surface area contributed by atoms with E-state index in [-0.39, 0.29) is 18.4 Å². The van der Waals surface area contributed by atoms with Crippen molar-refractivity contribution in [1.29, 1.82) is 0 Å². The molecule has 0 radical (unpaired) electrons. The molecule has 0 aliphatic heterocycles. The van der Waals surface area contributed by atoms with Gasteiger partial charge in [-0.1, -0.05) is 23.7 Å². The fourth-order valence-electron chi connectivity index (χ4n) is 2.63. The summed E-state index contributed by atoms with van der Waals surface area (Å²) in [6, 6.07) is 10.4. The average molecular weight is 405 g/mol. The van der Waals surface area contributed by atoms with E-state index in [9.17, 15) is 9.59 Å². The van der Waals surface area contributed by atoms with Gasteiger partial charge in [0.2, 0.25) is 0 Å². The van der Waals surface area contributed by atoms with Gasteiger partial charge >= 0.3 is 0 Å². The topological polar surface area (TPSA) is 76.7 Å². The summed E-state index contributed by atoms with van der Waals surface area (Å²) in [5.41, 5.74) is 2.59. The number of para-hydroxylation sites is 1. The first-order valence-electron chi connectivity index (χ1n) is 8.98. The lowest BCUT2D eigenvalue weighted by molar-refractivity contribution is -0.118. The van der Waals surface area contributed by atoms with Crippen LogP contribution in [0, 0.1) is 13.8 Å². The van der Waals surface area contributed by atoms with E-state index in [2.05, 4.69) is 10.6 Å². The summed E-state index contributed by atoms with van der Waals surface area (Å²) in [6.07, 6.45) is 0.713. The Hall–Kier alpha value is -2.57. The van der Waals surface area contributed by atoms with Crippen LogP contribution in [0.25, 0.3) is 0 Å². The molecule has 6 nitrogen and oxygen atoms in total. The van der Waals surface area contributed by atoms with E-state index in [1.807, 2.05) is 13.8 Å². The number of benzene rings is 2. The zero-order chi connectivity index (χ0) is 20.5. The van der Waals surface area contributed by atoms with Crippen molar-refractivity contribution in [3.05, 3.63) is 58.1 Å². The van der Waals surface area contributed by atoms with Crippen LogP contribution in [0.3, 0.4) is 0 Å². The highest BCUT2D eigenvalue weighted by Gasteiger charge is 2.13. The largest absolute Gasteiger partial charge is 0.484 e. The molecular formula is C21H25ClN2O4. The molecule has 0 atom stereocenters. The second-order valence-corrected chi connectivity index (χ2v) is 6.73. The normalized spacial score (nSPS) is 10.4. The van der Waals surface area contributed by atoms with Gasteiger partial charge in [-0.05, 0) is 55.7 Å². The van der Waals surface area contributed by atoms with Crippen LogP contribution in [0.2, 0.25) is 5.02 Å². The Morgan fingerprint density at radius 1 is 1.11 bits per heavy atom. The number of anilines is 1. The van der Waals surface area contributed by atoms with Crippen LogP contribution in [0.4, 0.5) is 5.69 Å². The molecule has 2 aromatic rings. The number of hydrogen-bond acceptors (Lipinski definition) is 4. The Bertz CT molecular complexity index is 816. The van der Waals surface area contributed by atoms with Crippen molar-refractivity contribution in [2.75, 3.05) is 32.2 Å². The highest BCUT2D eigenvalue weighted by Crippen LogP contribution is 2.25. The minimum absolute atomic E-state index is 0.176. The number of methoxy groups -OCH3 is 1. The number of halogens is 1. The molecule has 0 saturated heterocycles. The summed E-state index contributed by atoms with van der Waals surface area (Å²) < 4.78 is 10.5. The van der Waals surface area contributed by atoms with Crippen molar-refractivity contribution in [2.24, 2.45) is 0 Å². The molecule has 0 aliphatic rings. The van der Waals surface area contributed by atoms with E-state index < -0.39 is 0 Å². The predicted octanol–water partition coefficient (Wildman–Crippen LogP) is 3.74. The Morgan fingerprint density at radius 2 is 1.79 bits per heavy atom. The van der Waals surface area contributed by atoms with Crippen molar-refractivity contribution in [2.45, 2.75) is 20.3 Å². The number of hydrogen-bond donors (Lipinski definition) is 2. The van der Waals surface area contributed by atoms with Gasteiger partial charge in [0.1, 0.15) is 5.75 Å². The van der Waals surface area contributed by atoms with E-state index in [0.717, 1.165) is 11.1 Å². The maximum Gasteiger partial charge on any atom is 0.262 e. The SMILES string of the molecule is COCCCNC(=O)c1ccccc1NC(=O)COc1cc(C)c(Cl)c(C)c1. The molecule has 0 heterocycles. The van der Waals surface area contributed by atoms with Crippen molar-refractivity contribution >= 4 is 29.1 Å². The number of rotatable bonds is 9. The lowest BCUT2D eigenvalue weighted by Crippen LogP contribution is -2.27. The molecule has 0 spiro atoms. The lowest BCUT2D eigenvalue weighted by Gasteiger charge is -2.13. The first-order valence-corrected chi connectivity index (χ1v) is 9.35. The van der Waals surface area contributed by atoms with E-state index >= 15 is 0 Å². The summed E-state index contributed by atoms with van der Waals surface area (Å²) in [6.45, 7) is 4.64. The summed E-state index contributed by atoms with van der Waals surface area (Å²) in [5.74, 6) is -0.0412. The first kappa shape index (κ1) is 21.7. The van der Waals surface area contributed by atoms with Crippen LogP contribution in [-0.4, -0.2) is 38.7 Å². The van der Waals surface area contributed by atoms with Gasteiger partial charge in [-0.3, -0.25) is 9.59 Å². The molecule has 0 unspecified atom stereocenters. The Labute approximate surface area is 170 Å². The first-order chi connectivity index (χ1) is 13.4. The van der Waals surface area contributed by atoms with Crippen LogP contribution in [0.15, 0.2) is 36.4 Å². The molecule has 2 amide bonds. The number of aryl methyl sites for hydroxylation is 2. The zero-order valence-corrected chi connectivity index (χ0v) is 17.1. The molecule has 2 rings (SSSR count). The van der Waals surface area contributed by atoms with Crippen LogP contribution in [0.5, 0.6) is 5.75 Å². The summed E-state index contributed by atoms with van der Waals surface area (Å²) in [7, 11) is 1.61. The molecule has 0 aromatic heterocycles. The van der Waals surface area contributed by atoms with E-state index in [0.29, 0.717) is 41.6 Å². The average Bonchev–Trinajstić information content (AvgIpc) is 2.68. The highest BCUT2D eigenvalue weighted by atomic mass is 35.5. The third-order valence-corrected chi connectivity index (χ3v) is 4.63. The third kappa shape index (κ3) is 6.25. The second kappa shape index (κ2) is 10.7. The van der Waals surface area contributed by atoms with Gasteiger partial charge in [-0.25, -0.2) is 0 Å². The molecule has 7 heteroatoms. The minimum atomic E-state index is -0.357. The van der Waals surface area contributed by atoms with E-state index in [1.54, 1.807) is 43.5 Å². The molecule has 2 N–H and O–H groups in total. The predicted molar refractivity (Wildman–Crippen MR) is 110 cm³/mol. The van der Waals surface area contributed by atoms with Crippen LogP contribution < -0.4 is 15.4 Å². The Kier molecular flexibility index (Phi) is 8.29. The van der Waals surface area contributed by atoms with Gasteiger partial charge in [0.05, 0.1) is 11.3 Å². The molecule has 0 aliphatic carbocycles. The van der Waals surface area contributed by atoms with Crippen molar-refractivity contribution in [3.8, 4) is 5.75 Å². The molecule has 0 fully saturated rings. The van der Waals surface area contributed by atoms with E-state index in [4.69, 9.17) is 21.1 Å². The third-order valence-electron chi connectivity index (χ3n) is 4.04.